The number of methoxy groups -OCH3 is 1. The third-order valence-electron chi connectivity index (χ3n) is 2.99. The lowest BCUT2D eigenvalue weighted by Crippen LogP contribution is -2.12. The minimum Gasteiger partial charge on any atom is -0.496 e. The maximum Gasteiger partial charge on any atom is 0.315 e. The molecule has 2 rings (SSSR count). The highest BCUT2D eigenvalue weighted by atomic mass is 16.5. The summed E-state index contributed by atoms with van der Waals surface area (Å²) in [6, 6.07) is 14.1. The average Bonchev–Trinajstić information content (AvgIpc) is 2.48. The van der Waals surface area contributed by atoms with Crippen molar-refractivity contribution in [2.45, 2.75) is 13.3 Å². The van der Waals surface area contributed by atoms with E-state index in [1.165, 1.54) is 0 Å². The first-order chi connectivity index (χ1) is 10.1. The lowest BCUT2D eigenvalue weighted by atomic mass is 10.1. The normalized spacial score (nSPS) is 9.76. The van der Waals surface area contributed by atoms with E-state index in [9.17, 15) is 4.79 Å². The van der Waals surface area contributed by atoms with Gasteiger partial charge in [0.2, 0.25) is 0 Å². The summed E-state index contributed by atoms with van der Waals surface area (Å²) < 4.78 is 10.5. The summed E-state index contributed by atoms with van der Waals surface area (Å²) in [5.41, 5.74) is 2.36. The van der Waals surface area contributed by atoms with Gasteiger partial charge in [0.1, 0.15) is 11.5 Å². The minimum absolute atomic E-state index is 0.130. The highest BCUT2D eigenvalue weighted by Gasteiger charge is 2.11. The standard InChI is InChI=1S/C17H15NO3/c1-12-3-8-16(20-2)14(9-12)10-17(19)21-15-6-4-13(11-18)5-7-15/h3-9H,10H2,1-2H3. The van der Waals surface area contributed by atoms with Gasteiger partial charge in [0.05, 0.1) is 25.2 Å². The molecule has 0 unspecified atom stereocenters. The fourth-order valence-corrected chi connectivity index (χ4v) is 1.97. The molecule has 0 aliphatic rings. The highest BCUT2D eigenvalue weighted by molar-refractivity contribution is 5.76. The van der Waals surface area contributed by atoms with Crippen molar-refractivity contribution in [2.75, 3.05) is 7.11 Å². The third-order valence-corrected chi connectivity index (χ3v) is 2.99. The van der Waals surface area contributed by atoms with E-state index >= 15 is 0 Å². The number of ether oxygens (including phenoxy) is 2. The summed E-state index contributed by atoms with van der Waals surface area (Å²) in [5, 5.41) is 8.72. The molecule has 4 heteroatoms. The molecule has 0 atom stereocenters. The maximum absolute atomic E-state index is 12.0. The van der Waals surface area contributed by atoms with Crippen LogP contribution in [0.4, 0.5) is 0 Å². The Kier molecular flexibility index (Phi) is 4.57. The van der Waals surface area contributed by atoms with Gasteiger partial charge in [-0.15, -0.1) is 0 Å². The predicted molar refractivity (Wildman–Crippen MR) is 78.2 cm³/mol. The number of nitrogens with zero attached hydrogens (tertiary/aromatic N) is 1. The van der Waals surface area contributed by atoms with Crippen LogP contribution in [-0.4, -0.2) is 13.1 Å². The van der Waals surface area contributed by atoms with Gasteiger partial charge >= 0.3 is 5.97 Å². The van der Waals surface area contributed by atoms with Crippen LogP contribution in [0.25, 0.3) is 0 Å². The number of benzene rings is 2. The second kappa shape index (κ2) is 6.58. The van der Waals surface area contributed by atoms with Gasteiger partial charge in [-0.25, -0.2) is 0 Å². The fourth-order valence-electron chi connectivity index (χ4n) is 1.97. The van der Waals surface area contributed by atoms with E-state index in [1.54, 1.807) is 31.4 Å². The molecule has 0 aliphatic carbocycles. The van der Waals surface area contributed by atoms with Gasteiger partial charge in [0.25, 0.3) is 0 Å². The first-order valence-electron chi connectivity index (χ1n) is 6.46. The van der Waals surface area contributed by atoms with Crippen LogP contribution in [0.15, 0.2) is 42.5 Å². The smallest absolute Gasteiger partial charge is 0.315 e. The van der Waals surface area contributed by atoms with Crippen molar-refractivity contribution >= 4 is 5.97 Å². The molecular formula is C17H15NO3. The van der Waals surface area contributed by atoms with Gasteiger partial charge in [-0.2, -0.15) is 5.26 Å². The molecule has 0 amide bonds. The monoisotopic (exact) mass is 281 g/mol. The van der Waals surface area contributed by atoms with Crippen LogP contribution < -0.4 is 9.47 Å². The number of hydrogen-bond acceptors (Lipinski definition) is 4. The number of nitriles is 1. The quantitative estimate of drug-likeness (QED) is 0.638. The zero-order valence-corrected chi connectivity index (χ0v) is 11.9. The molecule has 0 heterocycles. The van der Waals surface area contributed by atoms with Crippen molar-refractivity contribution < 1.29 is 14.3 Å². The molecule has 0 saturated carbocycles. The number of carbonyl (C=O) groups is 1. The first kappa shape index (κ1) is 14.6. The molecule has 0 aliphatic heterocycles. The topological polar surface area (TPSA) is 59.3 Å². The summed E-state index contributed by atoms with van der Waals surface area (Å²) in [7, 11) is 1.57. The molecule has 0 aromatic heterocycles. The van der Waals surface area contributed by atoms with Gasteiger partial charge < -0.3 is 9.47 Å². The Morgan fingerprint density at radius 3 is 2.52 bits per heavy atom. The molecule has 0 N–H and O–H groups in total. The lowest BCUT2D eigenvalue weighted by molar-refractivity contribution is -0.133. The van der Waals surface area contributed by atoms with E-state index in [0.717, 1.165) is 11.1 Å². The predicted octanol–water partition coefficient (Wildman–Crippen LogP) is 3.02. The van der Waals surface area contributed by atoms with Crippen LogP contribution in [0, 0.1) is 18.3 Å². The first-order valence-corrected chi connectivity index (χ1v) is 6.46. The van der Waals surface area contributed by atoms with Crippen LogP contribution in [0.2, 0.25) is 0 Å². The van der Waals surface area contributed by atoms with Gasteiger partial charge in [-0.05, 0) is 37.3 Å². The number of carbonyl (C=O) groups excluding carboxylic acids is 1. The number of esters is 1. The molecule has 106 valence electrons. The van der Waals surface area contributed by atoms with Crippen LogP contribution in [0.3, 0.4) is 0 Å². The zero-order chi connectivity index (χ0) is 15.2. The van der Waals surface area contributed by atoms with Crippen molar-refractivity contribution in [3.05, 3.63) is 59.2 Å². The second-order valence-electron chi connectivity index (χ2n) is 4.60. The second-order valence-corrected chi connectivity index (χ2v) is 4.60. The molecule has 21 heavy (non-hydrogen) atoms. The van der Waals surface area contributed by atoms with E-state index in [2.05, 4.69) is 0 Å². The molecule has 0 spiro atoms. The Labute approximate surface area is 123 Å². The van der Waals surface area contributed by atoms with Crippen molar-refractivity contribution in [1.29, 1.82) is 5.26 Å². The highest BCUT2D eigenvalue weighted by Crippen LogP contribution is 2.21. The Bertz CT molecular complexity index is 684. The molecule has 0 fully saturated rings. The third kappa shape index (κ3) is 3.83. The molecule has 0 saturated heterocycles. The maximum atomic E-state index is 12.0. The molecule has 4 nitrogen and oxygen atoms in total. The van der Waals surface area contributed by atoms with E-state index in [1.807, 2.05) is 31.2 Å². The zero-order valence-electron chi connectivity index (χ0n) is 11.9. The molecule has 0 radical (unpaired) electrons. The van der Waals surface area contributed by atoms with Crippen molar-refractivity contribution in [3.63, 3.8) is 0 Å². The van der Waals surface area contributed by atoms with E-state index in [4.69, 9.17) is 14.7 Å². The van der Waals surface area contributed by atoms with Crippen LogP contribution >= 0.6 is 0 Å². The number of rotatable bonds is 4. The lowest BCUT2D eigenvalue weighted by Gasteiger charge is -2.09. The van der Waals surface area contributed by atoms with Gasteiger partial charge in [-0.3, -0.25) is 4.79 Å². The Hall–Kier alpha value is -2.80. The van der Waals surface area contributed by atoms with Gasteiger partial charge in [0, 0.05) is 5.56 Å². The fraction of sp³-hybridized carbons (Fsp3) is 0.176. The van der Waals surface area contributed by atoms with Crippen LogP contribution in [0.1, 0.15) is 16.7 Å². The Morgan fingerprint density at radius 1 is 1.19 bits per heavy atom. The van der Waals surface area contributed by atoms with E-state index < -0.39 is 0 Å². The molecule has 0 bridgehead atoms. The van der Waals surface area contributed by atoms with Gasteiger partial charge in [-0.1, -0.05) is 17.7 Å². The van der Waals surface area contributed by atoms with Crippen molar-refractivity contribution in [1.82, 2.24) is 0 Å². The summed E-state index contributed by atoms with van der Waals surface area (Å²) in [5.74, 6) is 0.714. The van der Waals surface area contributed by atoms with Crippen molar-refractivity contribution in [3.8, 4) is 17.6 Å². The molecular weight excluding hydrogens is 266 g/mol. The number of aryl methyl sites for hydroxylation is 1. The minimum atomic E-state index is -0.372. The summed E-state index contributed by atoms with van der Waals surface area (Å²) in [6.07, 6.45) is 0.130. The summed E-state index contributed by atoms with van der Waals surface area (Å²) in [4.78, 5) is 12.0. The van der Waals surface area contributed by atoms with E-state index in [-0.39, 0.29) is 12.4 Å². The van der Waals surface area contributed by atoms with Gasteiger partial charge in [0.15, 0.2) is 0 Å². The summed E-state index contributed by atoms with van der Waals surface area (Å²) in [6.45, 7) is 1.95. The van der Waals surface area contributed by atoms with Crippen LogP contribution in [0.5, 0.6) is 11.5 Å². The largest absolute Gasteiger partial charge is 0.496 e. The summed E-state index contributed by atoms with van der Waals surface area (Å²) >= 11 is 0. The molecule has 2 aromatic rings. The van der Waals surface area contributed by atoms with E-state index in [0.29, 0.717) is 17.1 Å². The Morgan fingerprint density at radius 2 is 1.90 bits per heavy atom. The average molecular weight is 281 g/mol. The van der Waals surface area contributed by atoms with Crippen LogP contribution in [-0.2, 0) is 11.2 Å². The Balaban J connectivity index is 2.07. The SMILES string of the molecule is COc1ccc(C)cc1CC(=O)Oc1ccc(C#N)cc1. The van der Waals surface area contributed by atoms with Crippen molar-refractivity contribution in [2.24, 2.45) is 0 Å². The number of hydrogen-bond donors (Lipinski definition) is 0. The molecule has 2 aromatic carbocycles.